The molecule has 0 aliphatic rings. The number of fused-ring (bicyclic) bond motifs is 1. The van der Waals surface area contributed by atoms with Gasteiger partial charge in [-0.05, 0) is 58.2 Å². The molecule has 2 aromatic rings. The third-order valence-corrected chi connectivity index (χ3v) is 4.81. The number of aromatic hydroxyl groups is 1. The molecule has 0 fully saturated rings. The predicted molar refractivity (Wildman–Crippen MR) is 119 cm³/mol. The second-order valence-electron chi connectivity index (χ2n) is 7.60. The Bertz CT molecular complexity index is 949. The first-order chi connectivity index (χ1) is 13.8. The van der Waals surface area contributed by atoms with E-state index in [9.17, 15) is 9.90 Å². The van der Waals surface area contributed by atoms with Crippen molar-refractivity contribution in [2.75, 3.05) is 13.2 Å². The van der Waals surface area contributed by atoms with Crippen LogP contribution in [0.15, 0.2) is 46.3 Å². The molecule has 1 heterocycles. The summed E-state index contributed by atoms with van der Waals surface area (Å²) in [5, 5.41) is 10.9. The minimum absolute atomic E-state index is 0.248. The first-order valence-electron chi connectivity index (χ1n) is 10.3. The summed E-state index contributed by atoms with van der Waals surface area (Å²) in [6.45, 7) is 9.31. The molecule has 158 valence electrons. The summed E-state index contributed by atoms with van der Waals surface area (Å²) in [5.41, 5.74) is 2.81. The molecular formula is C24H33NO4. The zero-order valence-electron chi connectivity index (χ0n) is 18.2. The van der Waals surface area contributed by atoms with Crippen molar-refractivity contribution >= 4 is 10.9 Å². The molecule has 0 bridgehead atoms. The Morgan fingerprint density at radius 3 is 2.62 bits per heavy atom. The molecule has 0 aliphatic heterocycles. The van der Waals surface area contributed by atoms with Crippen LogP contribution in [0.5, 0.6) is 17.2 Å². The number of pyridine rings is 1. The molecule has 0 saturated heterocycles. The molecule has 1 aromatic carbocycles. The minimum Gasteiger partial charge on any atom is -0.500 e. The van der Waals surface area contributed by atoms with E-state index in [1.165, 1.54) is 15.7 Å². The molecule has 0 spiro atoms. The lowest BCUT2D eigenvalue weighted by Crippen LogP contribution is -2.18. The number of benzene rings is 1. The van der Waals surface area contributed by atoms with Gasteiger partial charge in [-0.15, -0.1) is 0 Å². The number of hydrogen-bond donors (Lipinski definition) is 1. The molecule has 5 heteroatoms. The highest BCUT2D eigenvalue weighted by Crippen LogP contribution is 2.33. The van der Waals surface area contributed by atoms with E-state index >= 15 is 0 Å². The summed E-state index contributed by atoms with van der Waals surface area (Å²) in [5.74, 6) is 0.573. The smallest absolute Gasteiger partial charge is 0.296 e. The predicted octanol–water partition coefficient (Wildman–Crippen LogP) is 5.49. The number of rotatable bonds is 10. The van der Waals surface area contributed by atoms with E-state index < -0.39 is 5.56 Å². The minimum atomic E-state index is -0.476. The van der Waals surface area contributed by atoms with E-state index in [1.807, 2.05) is 18.2 Å². The molecule has 5 nitrogen and oxygen atoms in total. The van der Waals surface area contributed by atoms with Gasteiger partial charge >= 0.3 is 0 Å². The van der Waals surface area contributed by atoms with Gasteiger partial charge in [-0.1, -0.05) is 30.6 Å². The van der Waals surface area contributed by atoms with Gasteiger partial charge in [0.25, 0.3) is 5.56 Å². The number of aryl methyl sites for hydroxylation is 1. The molecule has 29 heavy (non-hydrogen) atoms. The van der Waals surface area contributed by atoms with Crippen molar-refractivity contribution in [2.24, 2.45) is 7.05 Å². The molecule has 0 amide bonds. The number of aromatic nitrogens is 1. The fourth-order valence-electron chi connectivity index (χ4n) is 3.00. The summed E-state index contributed by atoms with van der Waals surface area (Å²) in [7, 11) is 1.64. The van der Waals surface area contributed by atoms with Gasteiger partial charge in [0.05, 0.1) is 12.1 Å². The van der Waals surface area contributed by atoms with Crippen LogP contribution in [0.4, 0.5) is 0 Å². The average molecular weight is 400 g/mol. The lowest BCUT2D eigenvalue weighted by Gasteiger charge is -2.14. The van der Waals surface area contributed by atoms with Crippen LogP contribution in [0.1, 0.15) is 53.4 Å². The molecule has 0 radical (unpaired) electrons. The molecule has 1 N–H and O–H groups in total. The third-order valence-electron chi connectivity index (χ3n) is 4.81. The van der Waals surface area contributed by atoms with Gasteiger partial charge in [0.2, 0.25) is 5.75 Å². The average Bonchev–Trinajstić information content (AvgIpc) is 2.69. The van der Waals surface area contributed by atoms with Gasteiger partial charge in [0.1, 0.15) is 12.4 Å². The Labute approximate surface area is 173 Å². The number of ether oxygens (including phenoxy) is 2. The Balaban J connectivity index is 2.18. The standard InChI is InChI=1S/C24H33NO4/c1-6-7-14-29-23-20-12-11-19(16-21(20)25(5)24(27)22(23)26)28-15-13-18(4)10-8-9-17(2)3/h9,11-13,16,26H,6-8,10,14-15H2,1-5H3/b18-13+. The maximum Gasteiger partial charge on any atom is 0.296 e. The number of hydrogen-bond acceptors (Lipinski definition) is 4. The van der Waals surface area contributed by atoms with Crippen LogP contribution >= 0.6 is 0 Å². The van der Waals surface area contributed by atoms with Crippen molar-refractivity contribution in [2.45, 2.75) is 53.4 Å². The van der Waals surface area contributed by atoms with Gasteiger partial charge in [0, 0.05) is 18.5 Å². The number of nitrogens with zero attached hydrogens (tertiary/aromatic N) is 1. The third kappa shape index (κ3) is 6.14. The highest BCUT2D eigenvalue weighted by Gasteiger charge is 2.16. The number of allylic oxidation sites excluding steroid dienone is 3. The second kappa shape index (κ2) is 10.7. The van der Waals surface area contributed by atoms with E-state index in [4.69, 9.17) is 9.47 Å². The molecule has 0 saturated carbocycles. The van der Waals surface area contributed by atoms with Gasteiger partial charge in [0.15, 0.2) is 5.75 Å². The maximum atomic E-state index is 12.4. The first-order valence-corrected chi connectivity index (χ1v) is 10.3. The zero-order valence-corrected chi connectivity index (χ0v) is 18.2. The van der Waals surface area contributed by atoms with Crippen LogP contribution < -0.4 is 15.0 Å². The summed E-state index contributed by atoms with van der Waals surface area (Å²) < 4.78 is 13.0. The second-order valence-corrected chi connectivity index (χ2v) is 7.60. The molecule has 0 aliphatic carbocycles. The fraction of sp³-hybridized carbons (Fsp3) is 0.458. The molecule has 0 unspecified atom stereocenters. The van der Waals surface area contributed by atoms with E-state index in [-0.39, 0.29) is 11.5 Å². The van der Waals surface area contributed by atoms with E-state index in [1.54, 1.807) is 7.05 Å². The van der Waals surface area contributed by atoms with Crippen molar-refractivity contribution in [3.05, 3.63) is 51.9 Å². The SMILES string of the molecule is CCCCOc1c(O)c(=O)n(C)c2cc(OC/C=C(\C)CCC=C(C)C)ccc12. The Hall–Kier alpha value is -2.69. The van der Waals surface area contributed by atoms with Gasteiger partial charge in [-0.3, -0.25) is 4.79 Å². The molecule has 2 rings (SSSR count). The lowest BCUT2D eigenvalue weighted by atomic mass is 10.1. The van der Waals surface area contributed by atoms with Crippen molar-refractivity contribution in [3.8, 4) is 17.2 Å². The van der Waals surface area contributed by atoms with E-state index in [0.717, 1.165) is 25.7 Å². The normalized spacial score (nSPS) is 11.6. The zero-order chi connectivity index (χ0) is 21.4. The van der Waals surface area contributed by atoms with Crippen molar-refractivity contribution in [1.82, 2.24) is 4.57 Å². The Kier molecular flexibility index (Phi) is 8.37. The topological polar surface area (TPSA) is 60.7 Å². The number of unbranched alkanes of at least 4 members (excludes halogenated alkanes) is 1. The monoisotopic (exact) mass is 399 g/mol. The summed E-state index contributed by atoms with van der Waals surface area (Å²) in [6.07, 6.45) is 8.20. The Morgan fingerprint density at radius 2 is 1.93 bits per heavy atom. The summed E-state index contributed by atoms with van der Waals surface area (Å²) in [4.78, 5) is 12.4. The van der Waals surface area contributed by atoms with Crippen molar-refractivity contribution in [1.29, 1.82) is 0 Å². The highest BCUT2D eigenvalue weighted by molar-refractivity contribution is 5.88. The summed E-state index contributed by atoms with van der Waals surface area (Å²) in [6, 6.07) is 5.48. The van der Waals surface area contributed by atoms with E-state index in [0.29, 0.717) is 29.9 Å². The van der Waals surface area contributed by atoms with Crippen LogP contribution in [0.3, 0.4) is 0 Å². The maximum absolute atomic E-state index is 12.4. The van der Waals surface area contributed by atoms with Crippen molar-refractivity contribution < 1.29 is 14.6 Å². The van der Waals surface area contributed by atoms with Crippen LogP contribution in [-0.2, 0) is 7.05 Å². The van der Waals surface area contributed by atoms with Crippen molar-refractivity contribution in [3.63, 3.8) is 0 Å². The molecule has 1 aromatic heterocycles. The lowest BCUT2D eigenvalue weighted by molar-refractivity contribution is 0.294. The molecular weight excluding hydrogens is 366 g/mol. The molecule has 0 atom stereocenters. The van der Waals surface area contributed by atoms with Gasteiger partial charge in [-0.2, -0.15) is 0 Å². The quantitative estimate of drug-likeness (QED) is 0.424. The first kappa shape index (κ1) is 22.6. The summed E-state index contributed by atoms with van der Waals surface area (Å²) >= 11 is 0. The van der Waals surface area contributed by atoms with Gasteiger partial charge < -0.3 is 19.1 Å². The highest BCUT2D eigenvalue weighted by atomic mass is 16.5. The van der Waals surface area contributed by atoms with Crippen LogP contribution in [0, 0.1) is 0 Å². The van der Waals surface area contributed by atoms with Crippen LogP contribution in [0.2, 0.25) is 0 Å². The van der Waals surface area contributed by atoms with Crippen LogP contribution in [0.25, 0.3) is 10.9 Å². The van der Waals surface area contributed by atoms with E-state index in [2.05, 4.69) is 39.8 Å². The van der Waals surface area contributed by atoms with Gasteiger partial charge in [-0.25, -0.2) is 0 Å². The van der Waals surface area contributed by atoms with Crippen LogP contribution in [-0.4, -0.2) is 22.9 Å². The fourth-order valence-corrected chi connectivity index (χ4v) is 3.00. The Morgan fingerprint density at radius 1 is 1.17 bits per heavy atom. The largest absolute Gasteiger partial charge is 0.500 e.